The van der Waals surface area contributed by atoms with E-state index in [4.69, 9.17) is 0 Å². The van der Waals surface area contributed by atoms with Gasteiger partial charge in [0.2, 0.25) is 0 Å². The van der Waals surface area contributed by atoms with Crippen molar-refractivity contribution in [3.05, 3.63) is 68.9 Å². The van der Waals surface area contributed by atoms with E-state index in [0.717, 1.165) is 27.7 Å². The van der Waals surface area contributed by atoms with Crippen LogP contribution < -0.4 is 5.32 Å². The highest BCUT2D eigenvalue weighted by molar-refractivity contribution is 9.10. The summed E-state index contributed by atoms with van der Waals surface area (Å²) >= 11 is 3.54. The second kappa shape index (κ2) is 6.51. The third kappa shape index (κ3) is 3.10. The van der Waals surface area contributed by atoms with Crippen LogP contribution in [0.15, 0.2) is 40.9 Å². The molecule has 0 aliphatic heterocycles. The molecule has 2 aromatic rings. The Bertz CT molecular complexity index is 610. The van der Waals surface area contributed by atoms with Gasteiger partial charge in [-0.25, -0.2) is 4.39 Å². The van der Waals surface area contributed by atoms with Crippen molar-refractivity contribution in [2.75, 3.05) is 6.54 Å². The van der Waals surface area contributed by atoms with E-state index in [1.807, 2.05) is 19.1 Å². The van der Waals surface area contributed by atoms with Crippen LogP contribution in [0.3, 0.4) is 0 Å². The maximum absolute atomic E-state index is 14.1. The molecule has 0 saturated heterocycles. The van der Waals surface area contributed by atoms with Gasteiger partial charge in [0.25, 0.3) is 0 Å². The van der Waals surface area contributed by atoms with Crippen molar-refractivity contribution in [2.24, 2.45) is 0 Å². The number of nitrogens with one attached hydrogen (secondary N) is 1. The number of hydrogen-bond acceptors (Lipinski definition) is 1. The fraction of sp³-hybridized carbons (Fsp3) is 0.294. The molecule has 0 aliphatic carbocycles. The van der Waals surface area contributed by atoms with Gasteiger partial charge in [0.1, 0.15) is 5.82 Å². The molecule has 0 fully saturated rings. The van der Waals surface area contributed by atoms with Gasteiger partial charge in [-0.2, -0.15) is 0 Å². The summed E-state index contributed by atoms with van der Waals surface area (Å²) in [5.74, 6) is -0.168. The van der Waals surface area contributed by atoms with Crippen LogP contribution >= 0.6 is 15.9 Å². The zero-order chi connectivity index (χ0) is 14.7. The predicted molar refractivity (Wildman–Crippen MR) is 85.5 cm³/mol. The molecule has 2 aromatic carbocycles. The van der Waals surface area contributed by atoms with E-state index < -0.39 is 0 Å². The van der Waals surface area contributed by atoms with Crippen molar-refractivity contribution >= 4 is 15.9 Å². The van der Waals surface area contributed by atoms with Gasteiger partial charge in [-0.3, -0.25) is 0 Å². The number of hydrogen-bond donors (Lipinski definition) is 1. The molecule has 0 bridgehead atoms. The Morgan fingerprint density at radius 2 is 1.80 bits per heavy atom. The minimum Gasteiger partial charge on any atom is -0.306 e. The lowest BCUT2D eigenvalue weighted by Gasteiger charge is -2.22. The van der Waals surface area contributed by atoms with E-state index in [1.165, 1.54) is 6.07 Å². The third-order valence-electron chi connectivity index (χ3n) is 3.48. The molecule has 106 valence electrons. The maximum Gasteiger partial charge on any atom is 0.128 e. The van der Waals surface area contributed by atoms with Crippen molar-refractivity contribution < 1.29 is 4.39 Å². The maximum atomic E-state index is 14.1. The minimum absolute atomic E-state index is 0.118. The van der Waals surface area contributed by atoms with Crippen LogP contribution in [-0.2, 0) is 0 Å². The molecular formula is C17H19BrFN. The summed E-state index contributed by atoms with van der Waals surface area (Å²) in [7, 11) is 0. The highest BCUT2D eigenvalue weighted by Gasteiger charge is 2.19. The van der Waals surface area contributed by atoms with Crippen LogP contribution in [0.4, 0.5) is 4.39 Å². The molecule has 1 unspecified atom stereocenters. The monoisotopic (exact) mass is 335 g/mol. The normalized spacial score (nSPS) is 12.4. The molecular weight excluding hydrogens is 317 g/mol. The molecule has 0 spiro atoms. The summed E-state index contributed by atoms with van der Waals surface area (Å²) in [6.07, 6.45) is 0. The van der Waals surface area contributed by atoms with Crippen LogP contribution in [0.1, 0.15) is 35.2 Å². The van der Waals surface area contributed by atoms with E-state index in [9.17, 15) is 4.39 Å². The van der Waals surface area contributed by atoms with E-state index in [0.29, 0.717) is 5.56 Å². The van der Waals surface area contributed by atoms with E-state index >= 15 is 0 Å². The van der Waals surface area contributed by atoms with Crippen molar-refractivity contribution in [3.63, 3.8) is 0 Å². The average Bonchev–Trinajstić information content (AvgIpc) is 2.42. The van der Waals surface area contributed by atoms with Gasteiger partial charge in [0.05, 0.1) is 6.04 Å². The van der Waals surface area contributed by atoms with E-state index in [1.54, 1.807) is 6.07 Å². The van der Waals surface area contributed by atoms with Crippen LogP contribution in [0.2, 0.25) is 0 Å². The first kappa shape index (κ1) is 15.2. The first-order valence-electron chi connectivity index (χ1n) is 6.79. The number of halogens is 2. The number of rotatable bonds is 4. The standard InChI is InChI=1S/C17H19BrFN/c1-4-20-17(13-7-5-6-8-16(13)19)14-9-12(3)15(18)10-11(14)2/h5-10,17,20H,4H2,1-3H3. The van der Waals surface area contributed by atoms with Gasteiger partial charge in [-0.05, 0) is 49.2 Å². The SMILES string of the molecule is CCNC(c1cc(C)c(Br)cc1C)c1ccccc1F. The second-order valence-corrected chi connectivity index (χ2v) is 5.82. The molecule has 0 amide bonds. The summed E-state index contributed by atoms with van der Waals surface area (Å²) in [5.41, 5.74) is 4.12. The Kier molecular flexibility index (Phi) is 4.95. The molecule has 0 aliphatic rings. The molecule has 0 saturated carbocycles. The molecule has 2 rings (SSSR count). The molecule has 0 heterocycles. The van der Waals surface area contributed by atoms with Crippen molar-refractivity contribution in [1.82, 2.24) is 5.32 Å². The lowest BCUT2D eigenvalue weighted by Crippen LogP contribution is -2.24. The zero-order valence-electron chi connectivity index (χ0n) is 12.0. The first-order chi connectivity index (χ1) is 9.54. The van der Waals surface area contributed by atoms with Crippen molar-refractivity contribution in [1.29, 1.82) is 0 Å². The van der Waals surface area contributed by atoms with E-state index in [2.05, 4.69) is 47.2 Å². The molecule has 0 aromatic heterocycles. The summed E-state index contributed by atoms with van der Waals surface area (Å²) < 4.78 is 15.2. The van der Waals surface area contributed by atoms with Crippen LogP contribution in [0, 0.1) is 19.7 Å². The lowest BCUT2D eigenvalue weighted by molar-refractivity contribution is 0.557. The highest BCUT2D eigenvalue weighted by Crippen LogP contribution is 2.30. The topological polar surface area (TPSA) is 12.0 Å². The highest BCUT2D eigenvalue weighted by atomic mass is 79.9. The third-order valence-corrected chi connectivity index (χ3v) is 4.34. The first-order valence-corrected chi connectivity index (χ1v) is 7.58. The summed E-state index contributed by atoms with van der Waals surface area (Å²) in [5, 5.41) is 3.39. The van der Waals surface area contributed by atoms with Crippen molar-refractivity contribution in [3.8, 4) is 0 Å². The molecule has 1 atom stereocenters. The van der Waals surface area contributed by atoms with Gasteiger partial charge >= 0.3 is 0 Å². The summed E-state index contributed by atoms with van der Waals surface area (Å²) in [6, 6.07) is 11.1. The smallest absolute Gasteiger partial charge is 0.128 e. The largest absolute Gasteiger partial charge is 0.306 e. The fourth-order valence-electron chi connectivity index (χ4n) is 2.42. The molecule has 3 heteroatoms. The Labute approximate surface area is 128 Å². The van der Waals surface area contributed by atoms with Crippen LogP contribution in [-0.4, -0.2) is 6.54 Å². The van der Waals surface area contributed by atoms with Gasteiger partial charge in [0, 0.05) is 10.0 Å². The van der Waals surface area contributed by atoms with Gasteiger partial charge in [-0.15, -0.1) is 0 Å². The second-order valence-electron chi connectivity index (χ2n) is 4.97. The van der Waals surface area contributed by atoms with Crippen molar-refractivity contribution in [2.45, 2.75) is 26.8 Å². The van der Waals surface area contributed by atoms with E-state index in [-0.39, 0.29) is 11.9 Å². The molecule has 1 N–H and O–H groups in total. The minimum atomic E-state index is -0.168. The van der Waals surface area contributed by atoms with Gasteiger partial charge in [-0.1, -0.05) is 47.1 Å². The van der Waals surface area contributed by atoms with Crippen LogP contribution in [0.25, 0.3) is 0 Å². The Hall–Kier alpha value is -1.19. The Morgan fingerprint density at radius 3 is 2.45 bits per heavy atom. The number of benzene rings is 2. The van der Waals surface area contributed by atoms with Gasteiger partial charge in [0.15, 0.2) is 0 Å². The fourth-order valence-corrected chi connectivity index (χ4v) is 2.87. The lowest BCUT2D eigenvalue weighted by atomic mass is 9.93. The summed E-state index contributed by atoms with van der Waals surface area (Å²) in [6.45, 7) is 6.94. The predicted octanol–water partition coefficient (Wildman–Crippen LogP) is 4.90. The summed E-state index contributed by atoms with van der Waals surface area (Å²) in [4.78, 5) is 0. The molecule has 20 heavy (non-hydrogen) atoms. The Morgan fingerprint density at radius 1 is 1.10 bits per heavy atom. The quantitative estimate of drug-likeness (QED) is 0.837. The van der Waals surface area contributed by atoms with Crippen LogP contribution in [0.5, 0.6) is 0 Å². The molecule has 0 radical (unpaired) electrons. The zero-order valence-corrected chi connectivity index (χ0v) is 13.6. The molecule has 1 nitrogen and oxygen atoms in total. The Balaban J connectivity index is 2.54. The van der Waals surface area contributed by atoms with Gasteiger partial charge < -0.3 is 5.32 Å². The number of aryl methyl sites for hydroxylation is 2. The average molecular weight is 336 g/mol.